The molecule has 1 aromatic rings. The lowest BCUT2D eigenvalue weighted by atomic mass is 10.1. The summed E-state index contributed by atoms with van der Waals surface area (Å²) in [7, 11) is 0. The minimum absolute atomic E-state index is 0.302. The van der Waals surface area contributed by atoms with Crippen molar-refractivity contribution in [3.63, 3.8) is 0 Å². The largest absolute Gasteiger partial charge is 0.457 e. The van der Waals surface area contributed by atoms with Crippen LogP contribution in [0.4, 0.5) is 0 Å². The minimum atomic E-state index is -0.439. The highest BCUT2D eigenvalue weighted by molar-refractivity contribution is 5.87. The maximum absolute atomic E-state index is 11.5. The number of esters is 1. The molecule has 0 heterocycles. The number of aryl methyl sites for hydroxylation is 1. The maximum atomic E-state index is 11.5. The molecule has 1 rings (SSSR count). The van der Waals surface area contributed by atoms with E-state index in [1.807, 2.05) is 45.0 Å². The van der Waals surface area contributed by atoms with Crippen LogP contribution in [0.1, 0.15) is 38.8 Å². The third kappa shape index (κ3) is 4.85. The van der Waals surface area contributed by atoms with Crippen LogP contribution in [-0.4, -0.2) is 11.6 Å². The van der Waals surface area contributed by atoms with E-state index in [2.05, 4.69) is 13.0 Å². The van der Waals surface area contributed by atoms with Crippen LogP contribution < -0.4 is 0 Å². The molecule has 0 unspecified atom stereocenters. The zero-order valence-corrected chi connectivity index (χ0v) is 11.0. The molecule has 0 spiro atoms. The summed E-state index contributed by atoms with van der Waals surface area (Å²) in [6, 6.07) is 8.03. The quantitative estimate of drug-likeness (QED) is 0.588. The first-order valence-electron chi connectivity index (χ1n) is 5.91. The van der Waals surface area contributed by atoms with Crippen LogP contribution in [0.5, 0.6) is 0 Å². The van der Waals surface area contributed by atoms with Crippen molar-refractivity contribution in [2.45, 2.75) is 39.7 Å². The molecule has 0 atom stereocenters. The average molecular weight is 232 g/mol. The topological polar surface area (TPSA) is 26.3 Å². The Balaban J connectivity index is 2.74. The number of hydrogen-bond acceptors (Lipinski definition) is 2. The molecule has 0 amide bonds. The van der Waals surface area contributed by atoms with Crippen molar-refractivity contribution >= 4 is 12.0 Å². The molecule has 2 heteroatoms. The monoisotopic (exact) mass is 232 g/mol. The van der Waals surface area contributed by atoms with Gasteiger partial charge in [-0.3, -0.25) is 0 Å². The first kappa shape index (κ1) is 13.5. The van der Waals surface area contributed by atoms with Crippen molar-refractivity contribution in [1.29, 1.82) is 0 Å². The van der Waals surface area contributed by atoms with E-state index in [1.54, 1.807) is 0 Å². The SMILES string of the molecule is CCc1ccccc1C=CC(=O)OC(C)(C)C. The van der Waals surface area contributed by atoms with Crippen molar-refractivity contribution in [2.75, 3.05) is 0 Å². The number of carbonyl (C=O) groups excluding carboxylic acids is 1. The summed E-state index contributed by atoms with van der Waals surface area (Å²) in [5, 5.41) is 0. The van der Waals surface area contributed by atoms with Crippen molar-refractivity contribution < 1.29 is 9.53 Å². The Morgan fingerprint density at radius 2 is 1.94 bits per heavy atom. The van der Waals surface area contributed by atoms with E-state index in [0.29, 0.717) is 0 Å². The predicted molar refractivity (Wildman–Crippen MR) is 70.7 cm³/mol. The third-order valence-electron chi connectivity index (χ3n) is 2.24. The van der Waals surface area contributed by atoms with E-state index in [4.69, 9.17) is 4.74 Å². The second-order valence-electron chi connectivity index (χ2n) is 4.92. The molecule has 1 aromatic carbocycles. The van der Waals surface area contributed by atoms with Gasteiger partial charge in [0.1, 0.15) is 5.60 Å². The first-order valence-corrected chi connectivity index (χ1v) is 5.91. The van der Waals surface area contributed by atoms with Gasteiger partial charge < -0.3 is 4.74 Å². The maximum Gasteiger partial charge on any atom is 0.331 e. The van der Waals surface area contributed by atoms with E-state index in [1.165, 1.54) is 11.6 Å². The van der Waals surface area contributed by atoms with Crippen molar-refractivity contribution in [3.05, 3.63) is 41.5 Å². The molecular formula is C15H20O2. The smallest absolute Gasteiger partial charge is 0.331 e. The highest BCUT2D eigenvalue weighted by Crippen LogP contribution is 2.12. The van der Waals surface area contributed by atoms with Gasteiger partial charge in [0.2, 0.25) is 0 Å². The fraction of sp³-hybridized carbons (Fsp3) is 0.400. The Kier molecular flexibility index (Phi) is 4.50. The van der Waals surface area contributed by atoms with Gasteiger partial charge in [-0.2, -0.15) is 0 Å². The zero-order valence-electron chi connectivity index (χ0n) is 11.0. The molecule has 0 N–H and O–H groups in total. The lowest BCUT2D eigenvalue weighted by Gasteiger charge is -2.17. The first-order chi connectivity index (χ1) is 7.92. The molecular weight excluding hydrogens is 212 g/mol. The summed E-state index contributed by atoms with van der Waals surface area (Å²) in [4.78, 5) is 11.5. The van der Waals surface area contributed by atoms with E-state index >= 15 is 0 Å². The van der Waals surface area contributed by atoms with Gasteiger partial charge in [-0.15, -0.1) is 0 Å². The Bertz CT molecular complexity index is 411. The normalized spacial score (nSPS) is 11.8. The van der Waals surface area contributed by atoms with Gasteiger partial charge in [-0.25, -0.2) is 4.79 Å². The number of carbonyl (C=O) groups is 1. The van der Waals surface area contributed by atoms with Crippen LogP contribution in [0.25, 0.3) is 6.08 Å². The molecule has 0 aliphatic carbocycles. The number of rotatable bonds is 3. The molecule has 0 radical (unpaired) electrons. The fourth-order valence-corrected chi connectivity index (χ4v) is 1.51. The van der Waals surface area contributed by atoms with Crippen LogP contribution in [0.15, 0.2) is 30.3 Å². The fourth-order valence-electron chi connectivity index (χ4n) is 1.51. The van der Waals surface area contributed by atoms with Crippen molar-refractivity contribution in [3.8, 4) is 0 Å². The number of benzene rings is 1. The Morgan fingerprint density at radius 3 is 2.53 bits per heavy atom. The summed E-state index contributed by atoms with van der Waals surface area (Å²) in [6.07, 6.45) is 4.25. The van der Waals surface area contributed by atoms with Gasteiger partial charge in [-0.05, 0) is 44.4 Å². The molecule has 0 fully saturated rings. The second-order valence-corrected chi connectivity index (χ2v) is 4.92. The molecule has 0 aliphatic rings. The number of hydrogen-bond donors (Lipinski definition) is 0. The van der Waals surface area contributed by atoms with Gasteiger partial charge in [0.15, 0.2) is 0 Å². The summed E-state index contributed by atoms with van der Waals surface area (Å²) in [5.41, 5.74) is 1.86. The van der Waals surface area contributed by atoms with E-state index in [9.17, 15) is 4.79 Å². The van der Waals surface area contributed by atoms with Crippen molar-refractivity contribution in [1.82, 2.24) is 0 Å². The summed E-state index contributed by atoms with van der Waals surface area (Å²) in [5.74, 6) is -0.302. The summed E-state index contributed by atoms with van der Waals surface area (Å²) >= 11 is 0. The van der Waals surface area contributed by atoms with E-state index in [-0.39, 0.29) is 5.97 Å². The molecule has 0 saturated carbocycles. The zero-order chi connectivity index (χ0) is 12.9. The van der Waals surface area contributed by atoms with Gasteiger partial charge in [-0.1, -0.05) is 31.2 Å². The molecule has 0 aromatic heterocycles. The molecule has 0 bridgehead atoms. The lowest BCUT2D eigenvalue weighted by Crippen LogP contribution is -2.22. The van der Waals surface area contributed by atoms with Crippen molar-refractivity contribution in [2.24, 2.45) is 0 Å². The van der Waals surface area contributed by atoms with Gasteiger partial charge in [0.05, 0.1) is 0 Å². The molecule has 0 aliphatic heterocycles. The van der Waals surface area contributed by atoms with Gasteiger partial charge in [0.25, 0.3) is 0 Å². The van der Waals surface area contributed by atoms with Crippen LogP contribution in [0.3, 0.4) is 0 Å². The minimum Gasteiger partial charge on any atom is -0.457 e. The van der Waals surface area contributed by atoms with Crippen LogP contribution in [-0.2, 0) is 16.0 Å². The predicted octanol–water partition coefficient (Wildman–Crippen LogP) is 3.60. The highest BCUT2D eigenvalue weighted by Gasteiger charge is 2.13. The summed E-state index contributed by atoms with van der Waals surface area (Å²) in [6.45, 7) is 7.68. The van der Waals surface area contributed by atoms with Crippen LogP contribution in [0.2, 0.25) is 0 Å². The van der Waals surface area contributed by atoms with Gasteiger partial charge in [0, 0.05) is 6.08 Å². The Morgan fingerprint density at radius 1 is 1.29 bits per heavy atom. The van der Waals surface area contributed by atoms with E-state index < -0.39 is 5.60 Å². The third-order valence-corrected chi connectivity index (χ3v) is 2.24. The Labute approximate surface area is 103 Å². The molecule has 17 heavy (non-hydrogen) atoms. The molecule has 2 nitrogen and oxygen atoms in total. The number of ether oxygens (including phenoxy) is 1. The van der Waals surface area contributed by atoms with Gasteiger partial charge >= 0.3 is 5.97 Å². The second kappa shape index (κ2) is 5.67. The summed E-state index contributed by atoms with van der Waals surface area (Å²) < 4.78 is 5.21. The van der Waals surface area contributed by atoms with Crippen LogP contribution >= 0.6 is 0 Å². The van der Waals surface area contributed by atoms with E-state index in [0.717, 1.165) is 12.0 Å². The highest BCUT2D eigenvalue weighted by atomic mass is 16.6. The molecule has 92 valence electrons. The Hall–Kier alpha value is -1.57. The van der Waals surface area contributed by atoms with Crippen LogP contribution in [0, 0.1) is 0 Å². The average Bonchev–Trinajstić information content (AvgIpc) is 2.24. The standard InChI is InChI=1S/C15H20O2/c1-5-12-8-6-7-9-13(12)10-11-14(16)17-15(2,3)4/h6-11H,5H2,1-4H3. The lowest BCUT2D eigenvalue weighted by molar-refractivity contribution is -0.148. The molecule has 0 saturated heterocycles.